The van der Waals surface area contributed by atoms with Gasteiger partial charge in [-0.05, 0) is 30.7 Å². The van der Waals surface area contributed by atoms with Crippen LogP contribution in [0.3, 0.4) is 0 Å². The fourth-order valence-electron chi connectivity index (χ4n) is 3.41. The average Bonchev–Trinajstić information content (AvgIpc) is 3.14. The summed E-state index contributed by atoms with van der Waals surface area (Å²) < 4.78 is 0. The molecule has 2 aliphatic rings. The van der Waals surface area contributed by atoms with Crippen molar-refractivity contribution >= 4 is 46.0 Å². The largest absolute Gasteiger partial charge is 0.333 e. The first-order valence-corrected chi connectivity index (χ1v) is 10.2. The van der Waals surface area contributed by atoms with Crippen molar-refractivity contribution in [2.24, 2.45) is 0 Å². The Labute approximate surface area is 177 Å². The molecule has 3 heterocycles. The highest BCUT2D eigenvalue weighted by Crippen LogP contribution is 2.46. The highest BCUT2D eigenvalue weighted by molar-refractivity contribution is 8.09. The highest BCUT2D eigenvalue weighted by Gasteiger charge is 2.50. The molecule has 7 nitrogen and oxygen atoms in total. The summed E-state index contributed by atoms with van der Waals surface area (Å²) in [5, 5.41) is 16.9. The van der Waals surface area contributed by atoms with E-state index in [-0.39, 0.29) is 24.7 Å². The molecule has 0 aliphatic carbocycles. The second kappa shape index (κ2) is 7.85. The number of hydrogen-bond donors (Lipinski definition) is 0. The maximum Gasteiger partial charge on any atom is 0.333 e. The molecule has 0 spiro atoms. The Hall–Kier alpha value is -2.89. The second-order valence-corrected chi connectivity index (χ2v) is 8.28. The SMILES string of the molecule is Cc1cnnc(N2C(=O)C3SC(c4ccccc4Cl)=CC3N(CCC#N)C2=O)c1. The molecular weight excluding hydrogens is 410 g/mol. The number of carbonyl (C=O) groups excluding carboxylic acids is 2. The molecule has 1 saturated heterocycles. The first-order valence-electron chi connectivity index (χ1n) is 8.95. The summed E-state index contributed by atoms with van der Waals surface area (Å²) in [5.74, 6) is -0.163. The molecule has 146 valence electrons. The minimum atomic E-state index is -0.542. The van der Waals surface area contributed by atoms with E-state index in [0.717, 1.165) is 20.9 Å². The van der Waals surface area contributed by atoms with Gasteiger partial charge in [-0.15, -0.1) is 16.9 Å². The molecule has 0 bridgehead atoms. The number of anilines is 1. The predicted molar refractivity (Wildman–Crippen MR) is 111 cm³/mol. The minimum absolute atomic E-state index is 0.163. The normalized spacial score (nSPS) is 21.1. The van der Waals surface area contributed by atoms with Crippen LogP contribution in [0.5, 0.6) is 0 Å². The highest BCUT2D eigenvalue weighted by atomic mass is 35.5. The molecule has 2 unspecified atom stereocenters. The Balaban J connectivity index is 1.74. The van der Waals surface area contributed by atoms with Crippen molar-refractivity contribution in [3.8, 4) is 6.07 Å². The smallest absolute Gasteiger partial charge is 0.315 e. The summed E-state index contributed by atoms with van der Waals surface area (Å²) in [5.41, 5.74) is 1.60. The minimum Gasteiger partial charge on any atom is -0.315 e. The van der Waals surface area contributed by atoms with Gasteiger partial charge in [0.05, 0.1) is 24.7 Å². The van der Waals surface area contributed by atoms with Crippen LogP contribution in [0.15, 0.2) is 42.6 Å². The lowest BCUT2D eigenvalue weighted by Crippen LogP contribution is -2.62. The van der Waals surface area contributed by atoms with E-state index < -0.39 is 17.3 Å². The van der Waals surface area contributed by atoms with E-state index >= 15 is 0 Å². The van der Waals surface area contributed by atoms with Gasteiger partial charge in [-0.25, -0.2) is 9.69 Å². The molecule has 0 radical (unpaired) electrons. The van der Waals surface area contributed by atoms with E-state index in [1.165, 1.54) is 11.8 Å². The summed E-state index contributed by atoms with van der Waals surface area (Å²) >= 11 is 7.71. The van der Waals surface area contributed by atoms with Crippen LogP contribution in [0.4, 0.5) is 10.6 Å². The number of nitriles is 1. The molecule has 2 atom stereocenters. The lowest BCUT2D eigenvalue weighted by atomic mass is 10.1. The van der Waals surface area contributed by atoms with E-state index in [9.17, 15) is 9.59 Å². The molecule has 2 aliphatic heterocycles. The van der Waals surface area contributed by atoms with Crippen molar-refractivity contribution in [3.05, 3.63) is 58.8 Å². The monoisotopic (exact) mass is 425 g/mol. The summed E-state index contributed by atoms with van der Waals surface area (Å²) in [6.45, 7) is 2.03. The number of aryl methyl sites for hydroxylation is 1. The zero-order valence-electron chi connectivity index (χ0n) is 15.4. The number of fused-ring (bicyclic) bond motifs is 1. The van der Waals surface area contributed by atoms with Gasteiger partial charge in [-0.3, -0.25) is 4.79 Å². The topological polar surface area (TPSA) is 90.2 Å². The van der Waals surface area contributed by atoms with Crippen LogP contribution in [0.1, 0.15) is 17.5 Å². The molecule has 1 aromatic carbocycles. The number of benzene rings is 1. The van der Waals surface area contributed by atoms with Crippen LogP contribution in [0, 0.1) is 18.3 Å². The summed E-state index contributed by atoms with van der Waals surface area (Å²) in [7, 11) is 0. The molecular formula is C20H16ClN5O2S. The number of hydrogen-bond acceptors (Lipinski definition) is 6. The van der Waals surface area contributed by atoms with Crippen molar-refractivity contribution < 1.29 is 9.59 Å². The first-order chi connectivity index (χ1) is 14.0. The van der Waals surface area contributed by atoms with Crippen molar-refractivity contribution in [2.45, 2.75) is 24.6 Å². The number of thioether (sulfide) groups is 1. The number of aromatic nitrogens is 2. The van der Waals surface area contributed by atoms with Gasteiger partial charge >= 0.3 is 6.03 Å². The van der Waals surface area contributed by atoms with Crippen LogP contribution >= 0.6 is 23.4 Å². The number of urea groups is 1. The van der Waals surface area contributed by atoms with Crippen LogP contribution in [0.25, 0.3) is 4.91 Å². The van der Waals surface area contributed by atoms with Gasteiger partial charge in [0.2, 0.25) is 0 Å². The lowest BCUT2D eigenvalue weighted by Gasteiger charge is -2.40. The molecule has 0 N–H and O–H groups in total. The third kappa shape index (κ3) is 3.48. The van der Waals surface area contributed by atoms with E-state index in [0.29, 0.717) is 5.02 Å². The molecule has 29 heavy (non-hydrogen) atoms. The fraction of sp³-hybridized carbons (Fsp3) is 0.250. The van der Waals surface area contributed by atoms with Gasteiger partial charge in [0, 0.05) is 22.0 Å². The Bertz CT molecular complexity index is 1070. The van der Waals surface area contributed by atoms with Gasteiger partial charge in [-0.1, -0.05) is 29.8 Å². The Morgan fingerprint density at radius 3 is 2.83 bits per heavy atom. The number of amides is 3. The van der Waals surface area contributed by atoms with Crippen LogP contribution in [-0.2, 0) is 4.79 Å². The summed E-state index contributed by atoms with van der Waals surface area (Å²) in [6, 6.07) is 10.2. The van der Waals surface area contributed by atoms with Gasteiger partial charge in [-0.2, -0.15) is 10.4 Å². The summed E-state index contributed by atoms with van der Waals surface area (Å²) in [4.78, 5) is 29.9. The van der Waals surface area contributed by atoms with E-state index in [1.807, 2.05) is 31.2 Å². The maximum absolute atomic E-state index is 13.3. The molecule has 2 aromatic rings. The van der Waals surface area contributed by atoms with Crippen molar-refractivity contribution in [1.82, 2.24) is 15.1 Å². The number of imide groups is 1. The Kier molecular flexibility index (Phi) is 5.26. The molecule has 0 saturated carbocycles. The average molecular weight is 426 g/mol. The zero-order valence-corrected chi connectivity index (χ0v) is 17.0. The Morgan fingerprint density at radius 1 is 1.31 bits per heavy atom. The standard InChI is InChI=1S/C20H16ClN5O2S/c1-12-9-17(24-23-11-12)26-19(27)18-15(25(20(26)28)8-4-7-22)10-16(29-18)13-5-2-3-6-14(13)21/h2-3,5-6,9-11,15,18H,4,8H2,1H3. The fourth-order valence-corrected chi connectivity index (χ4v) is 5.08. The van der Waals surface area contributed by atoms with Gasteiger partial charge in [0.15, 0.2) is 5.82 Å². The van der Waals surface area contributed by atoms with Gasteiger partial charge in [0.25, 0.3) is 5.91 Å². The molecule has 1 fully saturated rings. The van der Waals surface area contributed by atoms with Crippen molar-refractivity contribution in [1.29, 1.82) is 5.26 Å². The van der Waals surface area contributed by atoms with E-state index in [4.69, 9.17) is 16.9 Å². The van der Waals surface area contributed by atoms with Crippen LogP contribution in [0.2, 0.25) is 5.02 Å². The van der Waals surface area contributed by atoms with Gasteiger partial charge < -0.3 is 4.90 Å². The van der Waals surface area contributed by atoms with Gasteiger partial charge in [0.1, 0.15) is 5.25 Å². The predicted octanol–water partition coefficient (Wildman–Crippen LogP) is 3.65. The second-order valence-electron chi connectivity index (χ2n) is 6.69. The number of carbonyl (C=O) groups is 2. The third-order valence-corrected chi connectivity index (χ3v) is 6.43. The molecule has 1 aromatic heterocycles. The van der Waals surface area contributed by atoms with Crippen molar-refractivity contribution in [2.75, 3.05) is 11.4 Å². The number of halogens is 1. The van der Waals surface area contributed by atoms with Crippen LogP contribution in [-0.4, -0.2) is 44.9 Å². The number of rotatable bonds is 4. The third-order valence-electron chi connectivity index (χ3n) is 4.76. The van der Waals surface area contributed by atoms with E-state index in [2.05, 4.69) is 16.3 Å². The Morgan fingerprint density at radius 2 is 2.10 bits per heavy atom. The van der Waals surface area contributed by atoms with Crippen LogP contribution < -0.4 is 4.90 Å². The summed E-state index contributed by atoms with van der Waals surface area (Å²) in [6.07, 6.45) is 3.61. The van der Waals surface area contributed by atoms with Crippen molar-refractivity contribution in [3.63, 3.8) is 0 Å². The number of nitrogens with zero attached hydrogens (tertiary/aromatic N) is 5. The molecule has 9 heteroatoms. The maximum atomic E-state index is 13.3. The zero-order chi connectivity index (χ0) is 20.5. The molecule has 4 rings (SSSR count). The lowest BCUT2D eigenvalue weighted by molar-refractivity contribution is -0.119. The molecule has 3 amide bonds. The quantitative estimate of drug-likeness (QED) is 0.742. The first kappa shape index (κ1) is 19.4. The van der Waals surface area contributed by atoms with E-state index in [1.54, 1.807) is 23.2 Å².